The predicted molar refractivity (Wildman–Crippen MR) is 94.8 cm³/mol. The van der Waals surface area contributed by atoms with Gasteiger partial charge in [-0.15, -0.1) is 0 Å². The summed E-state index contributed by atoms with van der Waals surface area (Å²) in [6.07, 6.45) is 0.970. The summed E-state index contributed by atoms with van der Waals surface area (Å²) in [5, 5.41) is 9.73. The fourth-order valence-electron chi connectivity index (χ4n) is 2.26. The van der Waals surface area contributed by atoms with Crippen LogP contribution in [0.1, 0.15) is 37.6 Å². The molecule has 1 aromatic carbocycles. The minimum Gasteiger partial charge on any atom is -0.507 e. The number of phenolic OH excluding ortho intramolecular Hbond substituents is 1. The highest BCUT2D eigenvalue weighted by atomic mass is 127. The van der Waals surface area contributed by atoms with Gasteiger partial charge in [-0.3, -0.25) is 4.79 Å². The zero-order valence-corrected chi connectivity index (χ0v) is 15.3. The Morgan fingerprint density at radius 3 is 2.33 bits per heavy atom. The van der Waals surface area contributed by atoms with Gasteiger partial charge in [-0.25, -0.2) is 0 Å². The number of phenols is 1. The van der Waals surface area contributed by atoms with Crippen LogP contribution in [-0.4, -0.2) is 53.5 Å². The first-order chi connectivity index (χ1) is 10.0. The smallest absolute Gasteiger partial charge is 0.253 e. The lowest BCUT2D eigenvalue weighted by Crippen LogP contribution is -2.34. The van der Waals surface area contributed by atoms with E-state index in [0.717, 1.165) is 36.2 Å². The van der Waals surface area contributed by atoms with Crippen molar-refractivity contribution < 1.29 is 9.90 Å². The number of hydrogen-bond acceptors (Lipinski definition) is 3. The Balaban J connectivity index is 2.62. The van der Waals surface area contributed by atoms with Crippen molar-refractivity contribution in [3.63, 3.8) is 0 Å². The minimum atomic E-state index is -0.0104. The number of amides is 1. The molecule has 0 aliphatic rings. The van der Waals surface area contributed by atoms with Crippen LogP contribution in [0.2, 0.25) is 0 Å². The third-order valence-corrected chi connectivity index (χ3v) is 4.57. The average molecular weight is 404 g/mol. The predicted octanol–water partition coefficient (Wildman–Crippen LogP) is 3.19. The molecule has 0 heterocycles. The Bertz CT molecular complexity index is 462. The van der Waals surface area contributed by atoms with E-state index in [1.165, 1.54) is 0 Å². The summed E-state index contributed by atoms with van der Waals surface area (Å²) in [7, 11) is 0. The monoisotopic (exact) mass is 404 g/mol. The molecule has 1 rings (SSSR count). The Kier molecular flexibility index (Phi) is 8.03. The third-order valence-electron chi connectivity index (χ3n) is 3.66. The first-order valence-corrected chi connectivity index (χ1v) is 8.61. The maximum atomic E-state index is 12.5. The quantitative estimate of drug-likeness (QED) is 0.677. The minimum absolute atomic E-state index is 0.0104. The molecule has 0 spiro atoms. The van der Waals surface area contributed by atoms with Crippen molar-refractivity contribution in [1.29, 1.82) is 0 Å². The summed E-state index contributed by atoms with van der Waals surface area (Å²) in [4.78, 5) is 16.6. The van der Waals surface area contributed by atoms with Crippen LogP contribution >= 0.6 is 22.6 Å². The van der Waals surface area contributed by atoms with E-state index in [4.69, 9.17) is 0 Å². The van der Waals surface area contributed by atoms with Crippen molar-refractivity contribution in [2.45, 2.75) is 27.2 Å². The van der Waals surface area contributed by atoms with Crippen molar-refractivity contribution in [1.82, 2.24) is 9.80 Å². The van der Waals surface area contributed by atoms with E-state index in [-0.39, 0.29) is 11.7 Å². The van der Waals surface area contributed by atoms with Crippen molar-refractivity contribution in [3.05, 3.63) is 27.3 Å². The average Bonchev–Trinajstić information content (AvgIpc) is 2.50. The molecule has 0 aliphatic heterocycles. The van der Waals surface area contributed by atoms with Crippen molar-refractivity contribution in [3.8, 4) is 5.75 Å². The SMILES string of the molecule is CCN(CC)CCCN(CC)C(=O)c1ccc(I)c(O)c1. The molecule has 1 N–H and O–H groups in total. The summed E-state index contributed by atoms with van der Waals surface area (Å²) in [5.74, 6) is 0.157. The van der Waals surface area contributed by atoms with Gasteiger partial charge in [0.25, 0.3) is 5.91 Å². The van der Waals surface area contributed by atoms with Crippen molar-refractivity contribution in [2.24, 2.45) is 0 Å². The molecule has 1 aromatic rings. The van der Waals surface area contributed by atoms with Gasteiger partial charge in [-0.1, -0.05) is 13.8 Å². The molecular weight excluding hydrogens is 379 g/mol. The Hall–Kier alpha value is -0.820. The highest BCUT2D eigenvalue weighted by Crippen LogP contribution is 2.21. The second kappa shape index (κ2) is 9.25. The Labute approximate surface area is 141 Å². The molecule has 0 unspecified atom stereocenters. The van der Waals surface area contributed by atoms with Crippen LogP contribution in [-0.2, 0) is 0 Å². The second-order valence-electron chi connectivity index (χ2n) is 4.93. The summed E-state index contributed by atoms with van der Waals surface area (Å²) in [6.45, 7) is 10.8. The van der Waals surface area contributed by atoms with E-state index < -0.39 is 0 Å². The molecule has 0 saturated carbocycles. The van der Waals surface area contributed by atoms with Crippen LogP contribution < -0.4 is 0 Å². The van der Waals surface area contributed by atoms with E-state index in [1.54, 1.807) is 18.2 Å². The molecule has 0 atom stereocenters. The summed E-state index contributed by atoms with van der Waals surface area (Å²) in [5.41, 5.74) is 0.553. The van der Waals surface area contributed by atoms with Gasteiger partial charge in [0, 0.05) is 18.7 Å². The van der Waals surface area contributed by atoms with E-state index in [1.807, 2.05) is 34.4 Å². The van der Waals surface area contributed by atoms with Crippen LogP contribution in [0.3, 0.4) is 0 Å². The maximum Gasteiger partial charge on any atom is 0.253 e. The molecule has 0 saturated heterocycles. The number of carbonyl (C=O) groups is 1. The van der Waals surface area contributed by atoms with E-state index in [9.17, 15) is 9.90 Å². The van der Waals surface area contributed by atoms with Crippen LogP contribution in [0, 0.1) is 3.57 Å². The normalized spacial score (nSPS) is 10.9. The molecule has 0 aliphatic carbocycles. The van der Waals surface area contributed by atoms with Gasteiger partial charge in [0.2, 0.25) is 0 Å². The van der Waals surface area contributed by atoms with Gasteiger partial charge >= 0.3 is 0 Å². The number of aromatic hydroxyl groups is 1. The Morgan fingerprint density at radius 1 is 1.14 bits per heavy atom. The van der Waals surface area contributed by atoms with Gasteiger partial charge in [0.15, 0.2) is 0 Å². The fourth-order valence-corrected chi connectivity index (χ4v) is 2.59. The second-order valence-corrected chi connectivity index (χ2v) is 6.09. The molecule has 0 radical (unpaired) electrons. The maximum absolute atomic E-state index is 12.5. The van der Waals surface area contributed by atoms with Crippen LogP contribution in [0.4, 0.5) is 0 Å². The van der Waals surface area contributed by atoms with Gasteiger partial charge in [0.1, 0.15) is 5.75 Å². The fraction of sp³-hybridized carbons (Fsp3) is 0.562. The van der Waals surface area contributed by atoms with Crippen LogP contribution in [0.25, 0.3) is 0 Å². The van der Waals surface area contributed by atoms with Crippen LogP contribution in [0.15, 0.2) is 18.2 Å². The lowest BCUT2D eigenvalue weighted by molar-refractivity contribution is 0.0757. The third kappa shape index (κ3) is 5.47. The highest BCUT2D eigenvalue weighted by molar-refractivity contribution is 14.1. The molecule has 0 bridgehead atoms. The first kappa shape index (κ1) is 18.2. The van der Waals surface area contributed by atoms with Gasteiger partial charge in [-0.05, 0) is 73.8 Å². The van der Waals surface area contributed by atoms with E-state index in [0.29, 0.717) is 12.1 Å². The number of benzene rings is 1. The van der Waals surface area contributed by atoms with Crippen molar-refractivity contribution >= 4 is 28.5 Å². The summed E-state index contributed by atoms with van der Waals surface area (Å²) < 4.78 is 0.758. The van der Waals surface area contributed by atoms with Crippen LogP contribution in [0.5, 0.6) is 5.75 Å². The zero-order valence-electron chi connectivity index (χ0n) is 13.1. The number of hydrogen-bond donors (Lipinski definition) is 1. The summed E-state index contributed by atoms with van der Waals surface area (Å²) >= 11 is 2.05. The Morgan fingerprint density at radius 2 is 1.81 bits per heavy atom. The lowest BCUT2D eigenvalue weighted by Gasteiger charge is -2.23. The number of nitrogens with zero attached hydrogens (tertiary/aromatic N) is 2. The number of carbonyl (C=O) groups excluding carboxylic acids is 1. The molecule has 21 heavy (non-hydrogen) atoms. The summed E-state index contributed by atoms with van der Waals surface area (Å²) in [6, 6.07) is 5.10. The molecular formula is C16H25IN2O2. The van der Waals surface area contributed by atoms with Gasteiger partial charge < -0.3 is 14.9 Å². The standard InChI is InChI=1S/C16H25IN2O2/c1-4-18(5-2)10-7-11-19(6-3)16(21)13-8-9-14(17)15(20)12-13/h8-9,12,20H,4-7,10-11H2,1-3H3. The molecule has 0 fully saturated rings. The van der Waals surface area contributed by atoms with E-state index in [2.05, 4.69) is 18.7 Å². The molecule has 118 valence electrons. The van der Waals surface area contributed by atoms with Gasteiger partial charge in [0.05, 0.1) is 3.57 Å². The number of rotatable bonds is 8. The zero-order chi connectivity index (χ0) is 15.8. The topological polar surface area (TPSA) is 43.8 Å². The lowest BCUT2D eigenvalue weighted by atomic mass is 10.2. The molecule has 1 amide bonds. The van der Waals surface area contributed by atoms with Crippen molar-refractivity contribution in [2.75, 3.05) is 32.7 Å². The highest BCUT2D eigenvalue weighted by Gasteiger charge is 2.15. The molecule has 4 nitrogen and oxygen atoms in total. The van der Waals surface area contributed by atoms with Gasteiger partial charge in [-0.2, -0.15) is 0 Å². The largest absolute Gasteiger partial charge is 0.507 e. The molecule has 5 heteroatoms. The first-order valence-electron chi connectivity index (χ1n) is 7.53. The number of halogens is 1. The van der Waals surface area contributed by atoms with E-state index >= 15 is 0 Å². The molecule has 0 aromatic heterocycles.